The van der Waals surface area contributed by atoms with E-state index in [0.29, 0.717) is 23.7 Å². The van der Waals surface area contributed by atoms with Gasteiger partial charge in [-0.2, -0.15) is 0 Å². The average Bonchev–Trinajstić information content (AvgIpc) is 3.16. The zero-order valence-electron chi connectivity index (χ0n) is 14.4. The van der Waals surface area contributed by atoms with E-state index in [1.807, 2.05) is 24.4 Å². The lowest BCUT2D eigenvalue weighted by molar-refractivity contribution is -0.141. The predicted molar refractivity (Wildman–Crippen MR) is 95.3 cm³/mol. The molecule has 7 heteroatoms. The quantitative estimate of drug-likeness (QED) is 0.729. The molecule has 1 N–H and O–H groups in total. The van der Waals surface area contributed by atoms with E-state index >= 15 is 0 Å². The van der Waals surface area contributed by atoms with E-state index in [1.165, 1.54) is 25.6 Å². The first-order valence-corrected chi connectivity index (χ1v) is 8.68. The lowest BCUT2D eigenvalue weighted by atomic mass is 10.1. The van der Waals surface area contributed by atoms with E-state index in [0.717, 1.165) is 4.88 Å². The molecule has 1 amide bonds. The minimum Gasteiger partial charge on any atom is -0.493 e. The van der Waals surface area contributed by atoms with Crippen molar-refractivity contribution in [1.82, 2.24) is 5.32 Å². The lowest BCUT2D eigenvalue weighted by Gasteiger charge is -2.17. The highest BCUT2D eigenvalue weighted by Crippen LogP contribution is 2.29. The minimum absolute atomic E-state index is 0.0664. The Morgan fingerprint density at radius 1 is 1.20 bits per heavy atom. The minimum atomic E-state index is -0.447. The Bertz CT molecular complexity index is 714. The molecule has 1 aromatic carbocycles. The Balaban J connectivity index is 2.18. The van der Waals surface area contributed by atoms with E-state index in [4.69, 9.17) is 14.2 Å². The van der Waals surface area contributed by atoms with Crippen LogP contribution in [0.25, 0.3) is 0 Å². The van der Waals surface area contributed by atoms with Crippen LogP contribution >= 0.6 is 11.3 Å². The average molecular weight is 363 g/mol. The molecule has 2 aromatic rings. The van der Waals surface area contributed by atoms with Crippen LogP contribution < -0.4 is 14.8 Å². The first kappa shape index (κ1) is 18.8. The normalized spacial score (nSPS) is 11.5. The summed E-state index contributed by atoms with van der Waals surface area (Å²) in [5, 5.41) is 4.77. The summed E-state index contributed by atoms with van der Waals surface area (Å²) in [6, 6.07) is 8.26. The number of carbonyl (C=O) groups excluding carboxylic acids is 2. The molecule has 134 valence electrons. The van der Waals surface area contributed by atoms with Gasteiger partial charge in [-0.1, -0.05) is 6.07 Å². The fourth-order valence-electron chi connectivity index (χ4n) is 2.29. The molecule has 0 saturated heterocycles. The summed E-state index contributed by atoms with van der Waals surface area (Å²) >= 11 is 1.47. The summed E-state index contributed by atoms with van der Waals surface area (Å²) in [5.74, 6) is 0.368. The fourth-order valence-corrected chi connectivity index (χ4v) is 3.07. The number of ether oxygens (including phenoxy) is 3. The molecule has 25 heavy (non-hydrogen) atoms. The van der Waals surface area contributed by atoms with Crippen LogP contribution in [0.4, 0.5) is 0 Å². The van der Waals surface area contributed by atoms with E-state index in [2.05, 4.69) is 5.32 Å². The Hall–Kier alpha value is -2.54. The van der Waals surface area contributed by atoms with Gasteiger partial charge in [-0.15, -0.1) is 11.3 Å². The van der Waals surface area contributed by atoms with Gasteiger partial charge in [0.05, 0.1) is 33.3 Å². The maximum atomic E-state index is 12.6. The van der Waals surface area contributed by atoms with Gasteiger partial charge in [0.1, 0.15) is 0 Å². The third-order valence-electron chi connectivity index (χ3n) is 3.52. The van der Waals surface area contributed by atoms with Gasteiger partial charge in [0, 0.05) is 10.4 Å². The van der Waals surface area contributed by atoms with Crippen molar-refractivity contribution in [3.63, 3.8) is 0 Å². The molecular formula is C18H21NO5S. The highest BCUT2D eigenvalue weighted by molar-refractivity contribution is 7.10. The van der Waals surface area contributed by atoms with E-state index in [-0.39, 0.29) is 18.3 Å². The van der Waals surface area contributed by atoms with Crippen molar-refractivity contribution >= 4 is 23.2 Å². The summed E-state index contributed by atoms with van der Waals surface area (Å²) in [6.45, 7) is 2.37. The fraction of sp³-hybridized carbons (Fsp3) is 0.333. The van der Waals surface area contributed by atoms with Crippen molar-refractivity contribution in [2.45, 2.75) is 19.4 Å². The lowest BCUT2D eigenvalue weighted by Crippen LogP contribution is -2.30. The number of benzene rings is 1. The number of esters is 1. The van der Waals surface area contributed by atoms with Gasteiger partial charge in [0.2, 0.25) is 0 Å². The zero-order valence-corrected chi connectivity index (χ0v) is 15.2. The molecule has 0 radical (unpaired) electrons. The first-order chi connectivity index (χ1) is 12.1. The second-order valence-corrected chi connectivity index (χ2v) is 6.10. The Morgan fingerprint density at radius 2 is 2.00 bits per heavy atom. The second-order valence-electron chi connectivity index (χ2n) is 5.12. The third-order valence-corrected chi connectivity index (χ3v) is 4.50. The maximum absolute atomic E-state index is 12.6. The Morgan fingerprint density at radius 3 is 2.60 bits per heavy atom. The Labute approximate surface area is 150 Å². The summed E-state index contributed by atoms with van der Waals surface area (Å²) < 4.78 is 15.4. The van der Waals surface area contributed by atoms with Crippen LogP contribution in [0.2, 0.25) is 0 Å². The number of methoxy groups -OCH3 is 2. The molecular weight excluding hydrogens is 342 g/mol. The summed E-state index contributed by atoms with van der Waals surface area (Å²) in [5.41, 5.74) is 0.423. The van der Waals surface area contributed by atoms with Crippen LogP contribution in [-0.2, 0) is 9.53 Å². The number of thiophene rings is 1. The van der Waals surface area contributed by atoms with Gasteiger partial charge < -0.3 is 19.5 Å². The van der Waals surface area contributed by atoms with Crippen LogP contribution in [0.5, 0.6) is 11.5 Å². The largest absolute Gasteiger partial charge is 0.493 e. The van der Waals surface area contributed by atoms with Crippen molar-refractivity contribution in [2.75, 3.05) is 20.8 Å². The van der Waals surface area contributed by atoms with Crippen molar-refractivity contribution < 1.29 is 23.8 Å². The van der Waals surface area contributed by atoms with Crippen LogP contribution in [-0.4, -0.2) is 32.7 Å². The number of amides is 1. The van der Waals surface area contributed by atoms with Crippen LogP contribution in [0.15, 0.2) is 35.7 Å². The molecule has 0 aliphatic heterocycles. The van der Waals surface area contributed by atoms with Crippen LogP contribution in [0.3, 0.4) is 0 Å². The van der Waals surface area contributed by atoms with Crippen LogP contribution in [0.1, 0.15) is 34.6 Å². The molecule has 0 spiro atoms. The summed E-state index contributed by atoms with van der Waals surface area (Å²) in [6.07, 6.45) is 0.0664. The molecule has 0 saturated carbocycles. The van der Waals surface area contributed by atoms with E-state index in [1.54, 1.807) is 18.2 Å². The van der Waals surface area contributed by atoms with Crippen LogP contribution in [0, 0.1) is 0 Å². The monoisotopic (exact) mass is 363 g/mol. The highest BCUT2D eigenvalue weighted by atomic mass is 32.1. The van der Waals surface area contributed by atoms with Gasteiger partial charge in [0.25, 0.3) is 5.91 Å². The summed E-state index contributed by atoms with van der Waals surface area (Å²) in [7, 11) is 2.85. The Kier molecular flexibility index (Phi) is 6.82. The molecule has 2 rings (SSSR count). The molecule has 1 atom stereocenters. The van der Waals surface area contributed by atoms with Gasteiger partial charge in [-0.3, -0.25) is 9.59 Å². The van der Waals surface area contributed by atoms with E-state index < -0.39 is 6.04 Å². The molecule has 0 unspecified atom stereocenters. The molecule has 0 aliphatic rings. The van der Waals surface area contributed by atoms with Crippen molar-refractivity contribution in [3.05, 3.63) is 46.2 Å². The zero-order chi connectivity index (χ0) is 18.2. The number of rotatable bonds is 8. The van der Waals surface area contributed by atoms with Gasteiger partial charge in [0.15, 0.2) is 11.5 Å². The molecule has 1 heterocycles. The van der Waals surface area contributed by atoms with Gasteiger partial charge in [-0.25, -0.2) is 0 Å². The second kappa shape index (κ2) is 9.08. The number of nitrogens with one attached hydrogen (secondary N) is 1. The maximum Gasteiger partial charge on any atom is 0.307 e. The third kappa shape index (κ3) is 4.96. The molecule has 0 bridgehead atoms. The predicted octanol–water partition coefficient (Wildman–Crippen LogP) is 3.19. The SMILES string of the molecule is CCOc1ccc(C(=O)N[C@@H](CC(=O)OC)c2cccs2)cc1OC. The molecule has 0 aliphatic carbocycles. The standard InChI is InChI=1S/C18H21NO5S/c1-4-24-14-8-7-12(10-15(14)22-2)18(21)19-13(11-17(20)23-3)16-6-5-9-25-16/h5-10,13H,4,11H2,1-3H3,(H,19,21)/t13-/m0/s1. The smallest absolute Gasteiger partial charge is 0.307 e. The number of carbonyl (C=O) groups is 2. The highest BCUT2D eigenvalue weighted by Gasteiger charge is 2.21. The molecule has 0 fully saturated rings. The first-order valence-electron chi connectivity index (χ1n) is 7.81. The van der Waals surface area contributed by atoms with Crippen molar-refractivity contribution in [1.29, 1.82) is 0 Å². The molecule has 1 aromatic heterocycles. The van der Waals surface area contributed by atoms with Gasteiger partial charge >= 0.3 is 5.97 Å². The number of hydrogen-bond donors (Lipinski definition) is 1. The number of hydrogen-bond acceptors (Lipinski definition) is 6. The van der Waals surface area contributed by atoms with E-state index in [9.17, 15) is 9.59 Å². The molecule has 6 nitrogen and oxygen atoms in total. The van der Waals surface area contributed by atoms with Crippen molar-refractivity contribution in [2.24, 2.45) is 0 Å². The van der Waals surface area contributed by atoms with Gasteiger partial charge in [-0.05, 0) is 36.6 Å². The topological polar surface area (TPSA) is 73.9 Å². The van der Waals surface area contributed by atoms with Crippen molar-refractivity contribution in [3.8, 4) is 11.5 Å². The summed E-state index contributed by atoms with van der Waals surface area (Å²) in [4.78, 5) is 25.1.